The maximum absolute atomic E-state index is 11.8. The molecule has 0 spiro atoms. The molecule has 4 nitrogen and oxygen atoms in total. The van der Waals surface area contributed by atoms with E-state index in [0.717, 1.165) is 25.8 Å². The normalized spacial score (nSPS) is 13.1. The third kappa shape index (κ3) is 9.42. The van der Waals surface area contributed by atoms with Crippen molar-refractivity contribution in [1.82, 2.24) is 10.2 Å². The fraction of sp³-hybridized carbons (Fsp3) is 0.929. The minimum Gasteiger partial charge on any atom is -0.395 e. The Morgan fingerprint density at radius 1 is 1.22 bits per heavy atom. The zero-order valence-electron chi connectivity index (χ0n) is 12.4. The van der Waals surface area contributed by atoms with Crippen LogP contribution in [0, 0.1) is 5.92 Å². The van der Waals surface area contributed by atoms with Gasteiger partial charge in [-0.1, -0.05) is 20.8 Å². The molecule has 0 aliphatic heterocycles. The van der Waals surface area contributed by atoms with E-state index in [1.165, 1.54) is 0 Å². The minimum absolute atomic E-state index is 0.0631. The molecular weight excluding hydrogens is 228 g/mol. The third-order valence-electron chi connectivity index (χ3n) is 2.91. The summed E-state index contributed by atoms with van der Waals surface area (Å²) in [5, 5.41) is 12.0. The van der Waals surface area contributed by atoms with Crippen molar-refractivity contribution >= 4 is 5.91 Å². The van der Waals surface area contributed by atoms with Crippen molar-refractivity contribution in [3.63, 3.8) is 0 Å². The van der Waals surface area contributed by atoms with Crippen molar-refractivity contribution < 1.29 is 9.90 Å². The summed E-state index contributed by atoms with van der Waals surface area (Å²) in [6.07, 6.45) is 3.16. The van der Waals surface area contributed by atoms with E-state index in [9.17, 15) is 4.79 Å². The van der Waals surface area contributed by atoms with E-state index < -0.39 is 0 Å². The highest BCUT2D eigenvalue weighted by Gasteiger charge is 2.12. The summed E-state index contributed by atoms with van der Waals surface area (Å²) in [4.78, 5) is 13.8. The molecule has 0 saturated heterocycles. The van der Waals surface area contributed by atoms with Gasteiger partial charge in [0.2, 0.25) is 5.91 Å². The van der Waals surface area contributed by atoms with Crippen LogP contribution in [0.1, 0.15) is 47.0 Å². The highest BCUT2D eigenvalue weighted by atomic mass is 16.3. The number of carbonyl (C=O) groups excluding carboxylic acids is 1. The van der Waals surface area contributed by atoms with Gasteiger partial charge in [-0.25, -0.2) is 0 Å². The van der Waals surface area contributed by atoms with Gasteiger partial charge in [-0.15, -0.1) is 0 Å². The summed E-state index contributed by atoms with van der Waals surface area (Å²) in [6, 6.07) is 0.234. The molecule has 0 aromatic heterocycles. The van der Waals surface area contributed by atoms with Gasteiger partial charge in [0.1, 0.15) is 0 Å². The predicted octanol–water partition coefficient (Wildman–Crippen LogP) is 1.63. The maximum atomic E-state index is 11.8. The van der Waals surface area contributed by atoms with Crippen LogP contribution < -0.4 is 5.32 Å². The molecule has 0 radical (unpaired) electrons. The number of aliphatic hydroxyl groups excluding tert-OH is 1. The van der Waals surface area contributed by atoms with Gasteiger partial charge in [0.05, 0.1) is 13.2 Å². The number of carbonyl (C=O) groups is 1. The Morgan fingerprint density at radius 2 is 1.89 bits per heavy atom. The maximum Gasteiger partial charge on any atom is 0.234 e. The monoisotopic (exact) mass is 258 g/mol. The van der Waals surface area contributed by atoms with Gasteiger partial charge in [0.15, 0.2) is 0 Å². The minimum atomic E-state index is 0.0631. The second kappa shape index (κ2) is 10.3. The van der Waals surface area contributed by atoms with Crippen LogP contribution in [-0.2, 0) is 4.79 Å². The first-order chi connectivity index (χ1) is 8.49. The van der Waals surface area contributed by atoms with Crippen LogP contribution in [-0.4, -0.2) is 48.2 Å². The van der Waals surface area contributed by atoms with E-state index in [1.807, 2.05) is 4.90 Å². The number of nitrogens with zero attached hydrogens (tertiary/aromatic N) is 1. The van der Waals surface area contributed by atoms with Crippen molar-refractivity contribution in [1.29, 1.82) is 0 Å². The SMILES string of the molecule is CCCN(CCO)CC(=O)NC(C)CCC(C)C. The molecule has 0 heterocycles. The molecule has 0 aromatic carbocycles. The van der Waals surface area contributed by atoms with Crippen LogP contribution in [0.25, 0.3) is 0 Å². The van der Waals surface area contributed by atoms with E-state index in [1.54, 1.807) is 0 Å². The molecule has 0 bridgehead atoms. The molecule has 0 aliphatic rings. The summed E-state index contributed by atoms with van der Waals surface area (Å²) in [5.74, 6) is 0.739. The zero-order valence-corrected chi connectivity index (χ0v) is 12.4. The van der Waals surface area contributed by atoms with Crippen LogP contribution in [0.5, 0.6) is 0 Å². The topological polar surface area (TPSA) is 52.6 Å². The Labute approximate surface area is 112 Å². The first-order valence-corrected chi connectivity index (χ1v) is 7.12. The number of aliphatic hydroxyl groups is 1. The molecule has 0 aliphatic carbocycles. The Kier molecular flexibility index (Phi) is 9.98. The quantitative estimate of drug-likeness (QED) is 0.626. The van der Waals surface area contributed by atoms with E-state index in [2.05, 4.69) is 33.0 Å². The Bertz CT molecular complexity index is 214. The lowest BCUT2D eigenvalue weighted by atomic mass is 10.0. The van der Waals surface area contributed by atoms with Crippen molar-refractivity contribution in [2.24, 2.45) is 5.92 Å². The molecule has 108 valence electrons. The van der Waals surface area contributed by atoms with Crippen LogP contribution >= 0.6 is 0 Å². The molecule has 1 unspecified atom stereocenters. The summed E-state index contributed by atoms with van der Waals surface area (Å²) >= 11 is 0. The van der Waals surface area contributed by atoms with Crippen molar-refractivity contribution in [3.05, 3.63) is 0 Å². The van der Waals surface area contributed by atoms with E-state index in [0.29, 0.717) is 19.0 Å². The first kappa shape index (κ1) is 17.4. The Hall–Kier alpha value is -0.610. The van der Waals surface area contributed by atoms with Crippen LogP contribution in [0.2, 0.25) is 0 Å². The van der Waals surface area contributed by atoms with Crippen molar-refractivity contribution in [3.8, 4) is 0 Å². The summed E-state index contributed by atoms with van der Waals surface area (Å²) in [5.41, 5.74) is 0. The summed E-state index contributed by atoms with van der Waals surface area (Å²) in [7, 11) is 0. The number of hydrogen-bond acceptors (Lipinski definition) is 3. The van der Waals surface area contributed by atoms with Gasteiger partial charge >= 0.3 is 0 Å². The second-order valence-corrected chi connectivity index (χ2v) is 5.44. The molecule has 2 N–H and O–H groups in total. The lowest BCUT2D eigenvalue weighted by molar-refractivity contribution is -0.123. The van der Waals surface area contributed by atoms with Gasteiger partial charge in [0, 0.05) is 12.6 Å². The fourth-order valence-electron chi connectivity index (χ4n) is 1.91. The average Bonchev–Trinajstić information content (AvgIpc) is 2.26. The highest BCUT2D eigenvalue weighted by Crippen LogP contribution is 2.06. The van der Waals surface area contributed by atoms with Gasteiger partial charge < -0.3 is 10.4 Å². The second-order valence-electron chi connectivity index (χ2n) is 5.44. The molecule has 0 fully saturated rings. The van der Waals surface area contributed by atoms with Gasteiger partial charge in [0.25, 0.3) is 0 Å². The standard InChI is InChI=1S/C14H30N2O2/c1-5-8-16(9-10-17)11-14(18)15-13(4)7-6-12(2)3/h12-13,17H,5-11H2,1-4H3,(H,15,18). The molecular formula is C14H30N2O2. The summed E-state index contributed by atoms with van der Waals surface area (Å²) in [6.45, 7) is 10.4. The van der Waals surface area contributed by atoms with Crippen molar-refractivity contribution in [2.45, 2.75) is 53.0 Å². The molecule has 0 saturated carbocycles. The lowest BCUT2D eigenvalue weighted by Crippen LogP contribution is -2.42. The number of rotatable bonds is 10. The Morgan fingerprint density at radius 3 is 2.39 bits per heavy atom. The van der Waals surface area contributed by atoms with E-state index >= 15 is 0 Å². The molecule has 0 rings (SSSR count). The van der Waals surface area contributed by atoms with Gasteiger partial charge in [-0.2, -0.15) is 0 Å². The lowest BCUT2D eigenvalue weighted by Gasteiger charge is -2.21. The van der Waals surface area contributed by atoms with Crippen LogP contribution in [0.4, 0.5) is 0 Å². The highest BCUT2D eigenvalue weighted by molar-refractivity contribution is 5.78. The third-order valence-corrected chi connectivity index (χ3v) is 2.91. The van der Waals surface area contributed by atoms with E-state index in [-0.39, 0.29) is 18.6 Å². The first-order valence-electron chi connectivity index (χ1n) is 7.12. The molecule has 1 amide bonds. The van der Waals surface area contributed by atoms with Crippen molar-refractivity contribution in [2.75, 3.05) is 26.2 Å². The number of amides is 1. The molecule has 4 heteroatoms. The average molecular weight is 258 g/mol. The predicted molar refractivity (Wildman–Crippen MR) is 75.5 cm³/mol. The van der Waals surface area contributed by atoms with Gasteiger partial charge in [-0.3, -0.25) is 9.69 Å². The van der Waals surface area contributed by atoms with Gasteiger partial charge in [-0.05, 0) is 38.6 Å². The largest absolute Gasteiger partial charge is 0.395 e. The fourth-order valence-corrected chi connectivity index (χ4v) is 1.91. The Balaban J connectivity index is 3.91. The zero-order chi connectivity index (χ0) is 14.0. The molecule has 1 atom stereocenters. The van der Waals surface area contributed by atoms with Crippen LogP contribution in [0.3, 0.4) is 0 Å². The number of nitrogens with one attached hydrogen (secondary N) is 1. The summed E-state index contributed by atoms with van der Waals surface area (Å²) < 4.78 is 0. The number of hydrogen-bond donors (Lipinski definition) is 2. The molecule has 18 heavy (non-hydrogen) atoms. The smallest absolute Gasteiger partial charge is 0.234 e. The van der Waals surface area contributed by atoms with Crippen LogP contribution in [0.15, 0.2) is 0 Å². The molecule has 0 aromatic rings. The van der Waals surface area contributed by atoms with E-state index in [4.69, 9.17) is 5.11 Å².